The molecule has 0 bridgehead atoms. The third kappa shape index (κ3) is 1.96. The summed E-state index contributed by atoms with van der Waals surface area (Å²) in [5.41, 5.74) is 4.65. The molecular formula is C12H18N4. The molecular weight excluding hydrogens is 200 g/mol. The summed E-state index contributed by atoms with van der Waals surface area (Å²) < 4.78 is 3.96. The van der Waals surface area contributed by atoms with E-state index >= 15 is 0 Å². The number of anilines is 1. The van der Waals surface area contributed by atoms with Crippen LogP contribution in [0, 0.1) is 13.8 Å². The fourth-order valence-corrected chi connectivity index (χ4v) is 1.89. The molecule has 0 unspecified atom stereocenters. The topological polar surface area (TPSA) is 34.8 Å². The van der Waals surface area contributed by atoms with Crippen molar-refractivity contribution in [3.8, 4) is 0 Å². The summed E-state index contributed by atoms with van der Waals surface area (Å²) in [5, 5.41) is 7.81. The van der Waals surface area contributed by atoms with Gasteiger partial charge in [0.15, 0.2) is 0 Å². The Balaban J connectivity index is 2.10. The molecule has 0 aromatic carbocycles. The van der Waals surface area contributed by atoms with Crippen LogP contribution in [0.5, 0.6) is 0 Å². The summed E-state index contributed by atoms with van der Waals surface area (Å²) in [7, 11) is 4.00. The standard InChI is InChI=1S/C12H18N4/c1-9-12(10(2)16(4)14-9)13-7-11-5-6-15(3)8-11/h5-6,8,13H,7H2,1-4H3. The first-order chi connectivity index (χ1) is 7.58. The first kappa shape index (κ1) is 10.8. The first-order valence-corrected chi connectivity index (χ1v) is 5.43. The van der Waals surface area contributed by atoms with Crippen LogP contribution < -0.4 is 5.32 Å². The molecule has 4 nitrogen and oxygen atoms in total. The Morgan fingerprint density at radius 3 is 2.56 bits per heavy atom. The summed E-state index contributed by atoms with van der Waals surface area (Å²) in [5.74, 6) is 0. The van der Waals surface area contributed by atoms with Crippen LogP contribution in [0.15, 0.2) is 18.5 Å². The molecule has 0 saturated carbocycles. The summed E-state index contributed by atoms with van der Waals surface area (Å²) in [4.78, 5) is 0. The number of hydrogen-bond acceptors (Lipinski definition) is 2. The molecule has 0 spiro atoms. The Bertz CT molecular complexity index is 493. The molecule has 2 heterocycles. The molecule has 16 heavy (non-hydrogen) atoms. The highest BCUT2D eigenvalue weighted by Crippen LogP contribution is 2.19. The second-order valence-corrected chi connectivity index (χ2v) is 4.21. The van der Waals surface area contributed by atoms with Gasteiger partial charge in [-0.05, 0) is 25.5 Å². The van der Waals surface area contributed by atoms with Crippen LogP contribution in [0.2, 0.25) is 0 Å². The van der Waals surface area contributed by atoms with E-state index in [-0.39, 0.29) is 0 Å². The van der Waals surface area contributed by atoms with E-state index in [4.69, 9.17) is 0 Å². The molecule has 2 aromatic heterocycles. The van der Waals surface area contributed by atoms with Crippen LogP contribution >= 0.6 is 0 Å². The molecule has 86 valence electrons. The van der Waals surface area contributed by atoms with Gasteiger partial charge in [0.1, 0.15) is 0 Å². The van der Waals surface area contributed by atoms with Gasteiger partial charge in [0.05, 0.1) is 17.1 Å². The molecule has 0 fully saturated rings. The molecule has 1 N–H and O–H groups in total. The van der Waals surface area contributed by atoms with Gasteiger partial charge in [0.25, 0.3) is 0 Å². The third-order valence-corrected chi connectivity index (χ3v) is 2.87. The summed E-state index contributed by atoms with van der Waals surface area (Å²) in [6, 6.07) is 2.12. The second-order valence-electron chi connectivity index (χ2n) is 4.21. The van der Waals surface area contributed by atoms with Crippen LogP contribution in [-0.2, 0) is 20.6 Å². The van der Waals surface area contributed by atoms with Crippen molar-refractivity contribution in [3.05, 3.63) is 35.4 Å². The minimum absolute atomic E-state index is 0.841. The van der Waals surface area contributed by atoms with E-state index in [2.05, 4.69) is 40.4 Å². The normalized spacial score (nSPS) is 10.8. The molecule has 4 heteroatoms. The van der Waals surface area contributed by atoms with Crippen molar-refractivity contribution in [1.29, 1.82) is 0 Å². The zero-order chi connectivity index (χ0) is 11.7. The average molecular weight is 218 g/mol. The van der Waals surface area contributed by atoms with E-state index in [1.807, 2.05) is 25.7 Å². The van der Waals surface area contributed by atoms with Gasteiger partial charge in [-0.3, -0.25) is 4.68 Å². The van der Waals surface area contributed by atoms with Gasteiger partial charge in [-0.2, -0.15) is 5.10 Å². The van der Waals surface area contributed by atoms with Gasteiger partial charge in [-0.25, -0.2) is 0 Å². The number of hydrogen-bond donors (Lipinski definition) is 1. The van der Waals surface area contributed by atoms with Gasteiger partial charge >= 0.3 is 0 Å². The van der Waals surface area contributed by atoms with E-state index in [0.717, 1.165) is 17.9 Å². The highest BCUT2D eigenvalue weighted by Gasteiger charge is 2.08. The van der Waals surface area contributed by atoms with Crippen LogP contribution in [-0.4, -0.2) is 14.3 Å². The van der Waals surface area contributed by atoms with Crippen molar-refractivity contribution in [1.82, 2.24) is 14.3 Å². The zero-order valence-electron chi connectivity index (χ0n) is 10.3. The van der Waals surface area contributed by atoms with E-state index in [1.54, 1.807) is 0 Å². The number of aromatic nitrogens is 3. The maximum absolute atomic E-state index is 4.38. The Morgan fingerprint density at radius 1 is 1.31 bits per heavy atom. The summed E-state index contributed by atoms with van der Waals surface area (Å²) in [6.07, 6.45) is 4.17. The SMILES string of the molecule is Cc1nn(C)c(C)c1NCc1ccn(C)c1. The Hall–Kier alpha value is -1.71. The van der Waals surface area contributed by atoms with E-state index in [9.17, 15) is 0 Å². The monoisotopic (exact) mass is 218 g/mol. The quantitative estimate of drug-likeness (QED) is 0.855. The minimum Gasteiger partial charge on any atom is -0.378 e. The second kappa shape index (κ2) is 4.04. The highest BCUT2D eigenvalue weighted by atomic mass is 15.3. The number of nitrogens with zero attached hydrogens (tertiary/aromatic N) is 3. The highest BCUT2D eigenvalue weighted by molar-refractivity contribution is 5.52. The lowest BCUT2D eigenvalue weighted by atomic mass is 10.3. The lowest BCUT2D eigenvalue weighted by Gasteiger charge is -2.05. The van der Waals surface area contributed by atoms with Crippen molar-refractivity contribution in [2.75, 3.05) is 5.32 Å². The molecule has 2 aromatic rings. The van der Waals surface area contributed by atoms with Gasteiger partial charge in [0.2, 0.25) is 0 Å². The van der Waals surface area contributed by atoms with Gasteiger partial charge in [-0.1, -0.05) is 0 Å². The van der Waals surface area contributed by atoms with Crippen molar-refractivity contribution < 1.29 is 0 Å². The number of nitrogens with one attached hydrogen (secondary N) is 1. The van der Waals surface area contributed by atoms with Gasteiger partial charge in [0, 0.05) is 33.0 Å². The minimum atomic E-state index is 0.841. The van der Waals surface area contributed by atoms with Gasteiger partial charge < -0.3 is 9.88 Å². The molecule has 0 amide bonds. The summed E-state index contributed by atoms with van der Waals surface area (Å²) >= 11 is 0. The maximum atomic E-state index is 4.38. The van der Waals surface area contributed by atoms with Crippen molar-refractivity contribution in [2.45, 2.75) is 20.4 Å². The smallest absolute Gasteiger partial charge is 0.0827 e. The van der Waals surface area contributed by atoms with E-state index in [1.165, 1.54) is 11.3 Å². The van der Waals surface area contributed by atoms with Crippen molar-refractivity contribution in [2.24, 2.45) is 14.1 Å². The Morgan fingerprint density at radius 2 is 2.06 bits per heavy atom. The summed E-state index contributed by atoms with van der Waals surface area (Å²) in [6.45, 7) is 4.95. The number of rotatable bonds is 3. The Kier molecular flexibility index (Phi) is 2.73. The van der Waals surface area contributed by atoms with Crippen LogP contribution in [0.25, 0.3) is 0 Å². The molecule has 0 aliphatic carbocycles. The molecule has 0 aliphatic heterocycles. The number of aryl methyl sites for hydroxylation is 3. The van der Waals surface area contributed by atoms with Crippen LogP contribution in [0.3, 0.4) is 0 Å². The molecule has 0 radical (unpaired) electrons. The largest absolute Gasteiger partial charge is 0.378 e. The van der Waals surface area contributed by atoms with Crippen LogP contribution in [0.1, 0.15) is 17.0 Å². The van der Waals surface area contributed by atoms with E-state index in [0.29, 0.717) is 0 Å². The first-order valence-electron chi connectivity index (χ1n) is 5.43. The molecule has 2 rings (SSSR count). The fraction of sp³-hybridized carbons (Fsp3) is 0.417. The predicted molar refractivity (Wildman–Crippen MR) is 65.4 cm³/mol. The molecule has 0 saturated heterocycles. The lowest BCUT2D eigenvalue weighted by Crippen LogP contribution is -2.01. The maximum Gasteiger partial charge on any atom is 0.0827 e. The fourth-order valence-electron chi connectivity index (χ4n) is 1.89. The predicted octanol–water partition coefficient (Wildman–Crippen LogP) is 1.99. The van der Waals surface area contributed by atoms with Crippen molar-refractivity contribution in [3.63, 3.8) is 0 Å². The third-order valence-electron chi connectivity index (χ3n) is 2.87. The van der Waals surface area contributed by atoms with Crippen LogP contribution in [0.4, 0.5) is 5.69 Å². The molecule has 0 aliphatic rings. The van der Waals surface area contributed by atoms with Crippen molar-refractivity contribution >= 4 is 5.69 Å². The van der Waals surface area contributed by atoms with E-state index < -0.39 is 0 Å². The average Bonchev–Trinajstić information content (AvgIpc) is 2.72. The Labute approximate surface area is 95.9 Å². The molecule has 0 atom stereocenters. The zero-order valence-corrected chi connectivity index (χ0v) is 10.3. The van der Waals surface area contributed by atoms with Gasteiger partial charge in [-0.15, -0.1) is 0 Å². The lowest BCUT2D eigenvalue weighted by molar-refractivity contribution is 0.731.